The summed E-state index contributed by atoms with van der Waals surface area (Å²) < 4.78 is 39.3. The summed E-state index contributed by atoms with van der Waals surface area (Å²) in [5.41, 5.74) is 0.714. The Hall–Kier alpha value is -1.82. The number of benzene rings is 1. The molecule has 1 saturated heterocycles. The summed E-state index contributed by atoms with van der Waals surface area (Å²) in [4.78, 5) is 14.5. The fourth-order valence-electron chi connectivity index (χ4n) is 3.55. The Balaban J connectivity index is 1.63. The number of likely N-dealkylation sites (tertiary alicyclic amines) is 1. The highest BCUT2D eigenvalue weighted by atomic mass is 19.4. The van der Waals surface area contributed by atoms with E-state index in [-0.39, 0.29) is 0 Å². The molecule has 0 saturated carbocycles. The third kappa shape index (κ3) is 3.58. The molecule has 3 nitrogen and oxygen atoms in total. The molecule has 0 spiro atoms. The predicted octanol–water partition coefficient (Wildman–Crippen LogP) is 3.06. The third-order valence-electron chi connectivity index (χ3n) is 4.56. The van der Waals surface area contributed by atoms with Crippen LogP contribution >= 0.6 is 0 Å². The molecule has 6 heteroatoms. The van der Waals surface area contributed by atoms with Crippen molar-refractivity contribution >= 4 is 6.29 Å². The first-order chi connectivity index (χ1) is 11.0. The Morgan fingerprint density at radius 2 is 2.09 bits per heavy atom. The molecule has 0 radical (unpaired) electrons. The maximum absolute atomic E-state index is 13.1. The molecule has 1 atom stereocenters. The number of halogens is 3. The molecule has 2 heterocycles. The number of rotatable bonds is 4. The van der Waals surface area contributed by atoms with Crippen molar-refractivity contribution in [3.63, 3.8) is 0 Å². The van der Waals surface area contributed by atoms with Gasteiger partial charge in [0.15, 0.2) is 0 Å². The largest absolute Gasteiger partial charge is 0.416 e. The van der Waals surface area contributed by atoms with Crippen molar-refractivity contribution in [3.05, 3.63) is 47.2 Å². The molecule has 2 aliphatic heterocycles. The lowest BCUT2D eigenvalue weighted by Crippen LogP contribution is -2.26. The number of nitrogens with zero attached hydrogens (tertiary/aromatic N) is 2. The summed E-state index contributed by atoms with van der Waals surface area (Å²) in [5.74, 6) is 0.426. The maximum Gasteiger partial charge on any atom is 0.416 e. The van der Waals surface area contributed by atoms with E-state index in [4.69, 9.17) is 0 Å². The van der Waals surface area contributed by atoms with Gasteiger partial charge in [-0.15, -0.1) is 0 Å². The van der Waals surface area contributed by atoms with E-state index in [9.17, 15) is 18.0 Å². The van der Waals surface area contributed by atoms with Crippen molar-refractivity contribution < 1.29 is 18.0 Å². The number of carbonyl (C=O) groups excluding carboxylic acids is 1. The topological polar surface area (TPSA) is 23.6 Å². The van der Waals surface area contributed by atoms with E-state index in [1.807, 2.05) is 0 Å². The van der Waals surface area contributed by atoms with Gasteiger partial charge in [-0.2, -0.15) is 13.2 Å². The maximum atomic E-state index is 13.1. The molecule has 0 aromatic heterocycles. The van der Waals surface area contributed by atoms with E-state index >= 15 is 0 Å². The zero-order valence-electron chi connectivity index (χ0n) is 12.7. The molecule has 23 heavy (non-hydrogen) atoms. The van der Waals surface area contributed by atoms with Gasteiger partial charge in [0.2, 0.25) is 0 Å². The third-order valence-corrected chi connectivity index (χ3v) is 4.56. The monoisotopic (exact) mass is 324 g/mol. The van der Waals surface area contributed by atoms with E-state index in [2.05, 4.69) is 9.80 Å². The first-order valence-electron chi connectivity index (χ1n) is 7.73. The van der Waals surface area contributed by atoms with Crippen molar-refractivity contribution in [1.29, 1.82) is 0 Å². The van der Waals surface area contributed by atoms with Gasteiger partial charge in [-0.25, -0.2) is 0 Å². The average Bonchev–Trinajstić information content (AvgIpc) is 3.09. The molecule has 0 N–H and O–H groups in total. The first-order valence-corrected chi connectivity index (χ1v) is 7.73. The number of hydrogen-bond donors (Lipinski definition) is 0. The van der Waals surface area contributed by atoms with Gasteiger partial charge < -0.3 is 4.90 Å². The van der Waals surface area contributed by atoms with Crippen molar-refractivity contribution in [1.82, 2.24) is 9.80 Å². The second-order valence-corrected chi connectivity index (χ2v) is 6.24. The molecular formula is C17H19F3N2O. The normalized spacial score (nSPS) is 22.0. The van der Waals surface area contributed by atoms with Crippen molar-refractivity contribution in [2.24, 2.45) is 5.92 Å². The molecule has 124 valence electrons. The minimum absolute atomic E-state index is 0.367. The van der Waals surface area contributed by atoms with E-state index in [1.165, 1.54) is 18.2 Å². The second-order valence-electron chi connectivity index (χ2n) is 6.24. The van der Waals surface area contributed by atoms with Crippen LogP contribution in [0.3, 0.4) is 0 Å². The smallest absolute Gasteiger partial charge is 0.377 e. The Labute approximate surface area is 133 Å². The summed E-state index contributed by atoms with van der Waals surface area (Å²) >= 11 is 0. The van der Waals surface area contributed by atoms with Gasteiger partial charge in [-0.05, 0) is 35.6 Å². The molecule has 0 unspecified atom stereocenters. The van der Waals surface area contributed by atoms with Crippen LogP contribution < -0.4 is 0 Å². The highest BCUT2D eigenvalue weighted by molar-refractivity contribution is 5.64. The van der Waals surface area contributed by atoms with Crippen LogP contribution in [-0.2, 0) is 24.1 Å². The molecule has 3 rings (SSSR count). The summed E-state index contributed by atoms with van der Waals surface area (Å²) in [6.45, 7) is 3.48. The van der Waals surface area contributed by atoms with Crippen molar-refractivity contribution in [2.45, 2.75) is 25.7 Å². The highest BCUT2D eigenvalue weighted by Crippen LogP contribution is 2.37. The lowest BCUT2D eigenvalue weighted by atomic mass is 10.0. The number of alkyl halides is 3. The molecular weight excluding hydrogens is 305 g/mol. The zero-order chi connectivity index (χ0) is 16.4. The number of fused-ring (bicyclic) bond motifs is 1. The van der Waals surface area contributed by atoms with Crippen LogP contribution in [0.15, 0.2) is 30.5 Å². The Morgan fingerprint density at radius 3 is 2.83 bits per heavy atom. The number of carbonyl (C=O) groups is 1. The van der Waals surface area contributed by atoms with Crippen LogP contribution in [0.25, 0.3) is 0 Å². The van der Waals surface area contributed by atoms with Gasteiger partial charge in [-0.1, -0.05) is 12.1 Å². The van der Waals surface area contributed by atoms with Crippen molar-refractivity contribution in [3.8, 4) is 0 Å². The van der Waals surface area contributed by atoms with E-state index in [0.29, 0.717) is 24.6 Å². The van der Waals surface area contributed by atoms with Crippen molar-refractivity contribution in [2.75, 3.05) is 19.6 Å². The summed E-state index contributed by atoms with van der Waals surface area (Å²) in [6, 6.07) is 4.45. The molecule has 0 amide bonds. The summed E-state index contributed by atoms with van der Waals surface area (Å²) in [5, 5.41) is 0. The predicted molar refractivity (Wildman–Crippen MR) is 80.4 cm³/mol. The Bertz CT molecular complexity index is 612. The Kier molecular flexibility index (Phi) is 4.43. The first kappa shape index (κ1) is 16.1. The highest BCUT2D eigenvalue weighted by Gasteiger charge is 2.37. The van der Waals surface area contributed by atoms with Gasteiger partial charge in [0.1, 0.15) is 6.29 Å². The quantitative estimate of drug-likeness (QED) is 0.628. The average molecular weight is 324 g/mol. The molecule has 0 bridgehead atoms. The summed E-state index contributed by atoms with van der Waals surface area (Å²) in [6.07, 6.45) is 0.730. The SMILES string of the molecule is O=CC=CN1CC[C@@H](CN2Cc3cccc(C(F)(F)F)c3C2)C1. The number of allylic oxidation sites excluding steroid dienone is 1. The zero-order valence-corrected chi connectivity index (χ0v) is 12.7. The fraction of sp³-hybridized carbons (Fsp3) is 0.471. The standard InChI is InChI=1S/C17H19F3N2O/c18-17(19,20)16-4-1-3-14-11-22(12-15(14)16)10-13-5-7-21(9-13)6-2-8-23/h1-4,6,8,13H,5,7,9-12H2/t13-/m1/s1. The number of hydrogen-bond acceptors (Lipinski definition) is 3. The lowest BCUT2D eigenvalue weighted by molar-refractivity contribution is -0.138. The lowest BCUT2D eigenvalue weighted by Gasteiger charge is -2.20. The van der Waals surface area contributed by atoms with Gasteiger partial charge in [-0.3, -0.25) is 9.69 Å². The minimum atomic E-state index is -4.29. The fourth-order valence-corrected chi connectivity index (χ4v) is 3.55. The van der Waals surface area contributed by atoms with Crippen LogP contribution in [0.5, 0.6) is 0 Å². The minimum Gasteiger partial charge on any atom is -0.377 e. The van der Waals surface area contributed by atoms with Crippen LogP contribution in [0, 0.1) is 5.92 Å². The van der Waals surface area contributed by atoms with Crippen LogP contribution in [0.1, 0.15) is 23.1 Å². The van der Waals surface area contributed by atoms with Crippen LogP contribution in [-0.4, -0.2) is 35.7 Å². The van der Waals surface area contributed by atoms with E-state index in [1.54, 1.807) is 12.3 Å². The van der Waals surface area contributed by atoms with Gasteiger partial charge in [0.05, 0.1) is 5.56 Å². The second kappa shape index (κ2) is 6.35. The number of aldehydes is 1. The van der Waals surface area contributed by atoms with Gasteiger partial charge in [0.25, 0.3) is 0 Å². The molecule has 2 aliphatic rings. The van der Waals surface area contributed by atoms with Crippen LogP contribution in [0.4, 0.5) is 13.2 Å². The van der Waals surface area contributed by atoms with Gasteiger partial charge >= 0.3 is 6.18 Å². The van der Waals surface area contributed by atoms with E-state index in [0.717, 1.165) is 37.9 Å². The molecule has 1 aromatic carbocycles. The molecule has 1 fully saturated rings. The summed E-state index contributed by atoms with van der Waals surface area (Å²) in [7, 11) is 0. The van der Waals surface area contributed by atoms with Crippen LogP contribution in [0.2, 0.25) is 0 Å². The Morgan fingerprint density at radius 1 is 1.26 bits per heavy atom. The van der Waals surface area contributed by atoms with E-state index < -0.39 is 11.7 Å². The molecule has 1 aromatic rings. The molecule has 0 aliphatic carbocycles. The van der Waals surface area contributed by atoms with Gasteiger partial charge in [0, 0.05) is 38.9 Å².